The molecule has 0 fully saturated rings. The van der Waals surface area contributed by atoms with Gasteiger partial charge < -0.3 is 0 Å². The Kier molecular flexibility index (Phi) is 1.00. The van der Waals surface area contributed by atoms with Crippen molar-refractivity contribution in [3.8, 4) is 0 Å². The summed E-state index contributed by atoms with van der Waals surface area (Å²) in [7, 11) is 0. The molecule has 2 rings (SSSR count). The fraction of sp³-hybridized carbons (Fsp3) is 0. The summed E-state index contributed by atoms with van der Waals surface area (Å²) >= 11 is 0. The van der Waals surface area contributed by atoms with Crippen LogP contribution in [0.5, 0.6) is 0 Å². The maximum Gasteiger partial charge on any atom is 0.0716 e. The van der Waals surface area contributed by atoms with E-state index in [0.717, 1.165) is 0 Å². The van der Waals surface area contributed by atoms with Crippen LogP contribution in [0.2, 0.25) is 0 Å². The van der Waals surface area contributed by atoms with Crippen LogP contribution >= 0.6 is 0 Å². The van der Waals surface area contributed by atoms with E-state index in [2.05, 4.69) is 15.4 Å². The zero-order valence-corrected chi connectivity index (χ0v) is 5.12. The number of rotatable bonds is 1. The Bertz CT molecular complexity index is 249. The highest BCUT2D eigenvalue weighted by Crippen LogP contribution is 1.83. The minimum atomic E-state index is 1.53. The molecule has 5 heteroatoms. The lowest BCUT2D eigenvalue weighted by molar-refractivity contribution is 0.490. The highest BCUT2D eigenvalue weighted by atomic mass is 15.7. The smallest absolute Gasteiger partial charge is 0.0716 e. The molecule has 0 amide bonds. The summed E-state index contributed by atoms with van der Waals surface area (Å²) in [5.74, 6) is 0. The third-order valence-electron chi connectivity index (χ3n) is 1.11. The Hall–Kier alpha value is -1.65. The van der Waals surface area contributed by atoms with Crippen LogP contribution in [-0.2, 0) is 0 Å². The first kappa shape index (κ1) is 5.16. The van der Waals surface area contributed by atoms with Gasteiger partial charge in [0.05, 0.1) is 24.8 Å². The van der Waals surface area contributed by atoms with Gasteiger partial charge in [-0.25, -0.2) is 0 Å². The monoisotopic (exact) mass is 135 g/mol. The van der Waals surface area contributed by atoms with Gasteiger partial charge in [0.15, 0.2) is 0 Å². The number of hydrogen-bond donors (Lipinski definition) is 0. The molecular formula is C5H5N5. The Morgan fingerprint density at radius 1 is 1.00 bits per heavy atom. The van der Waals surface area contributed by atoms with Crippen molar-refractivity contribution < 1.29 is 0 Å². The molecule has 0 N–H and O–H groups in total. The predicted octanol–water partition coefficient (Wildman–Crippen LogP) is -0.214. The normalized spacial score (nSPS) is 10.0. The molecule has 0 aliphatic carbocycles. The molecule has 0 aliphatic heterocycles. The fourth-order valence-corrected chi connectivity index (χ4v) is 0.693. The van der Waals surface area contributed by atoms with Gasteiger partial charge in [-0.05, 0) is 11.3 Å². The Morgan fingerprint density at radius 2 is 2.00 bits per heavy atom. The van der Waals surface area contributed by atoms with Crippen molar-refractivity contribution in [3.63, 3.8) is 0 Å². The lowest BCUT2D eigenvalue weighted by Gasteiger charge is -1.94. The van der Waals surface area contributed by atoms with Crippen LogP contribution in [-0.4, -0.2) is 25.0 Å². The Balaban J connectivity index is 2.48. The van der Waals surface area contributed by atoms with Crippen molar-refractivity contribution in [2.45, 2.75) is 0 Å². The van der Waals surface area contributed by atoms with E-state index in [1.807, 2.05) is 6.07 Å². The van der Waals surface area contributed by atoms with Gasteiger partial charge in [0.25, 0.3) is 0 Å². The van der Waals surface area contributed by atoms with E-state index in [0.29, 0.717) is 0 Å². The Morgan fingerprint density at radius 3 is 2.60 bits per heavy atom. The van der Waals surface area contributed by atoms with Crippen molar-refractivity contribution in [2.75, 3.05) is 0 Å². The van der Waals surface area contributed by atoms with Crippen LogP contribution in [0.4, 0.5) is 0 Å². The third-order valence-corrected chi connectivity index (χ3v) is 1.11. The third kappa shape index (κ3) is 0.680. The highest BCUT2D eigenvalue weighted by Gasteiger charge is 1.89. The van der Waals surface area contributed by atoms with E-state index in [-0.39, 0.29) is 0 Å². The van der Waals surface area contributed by atoms with Crippen molar-refractivity contribution in [1.29, 1.82) is 0 Å². The van der Waals surface area contributed by atoms with Crippen molar-refractivity contribution >= 4 is 0 Å². The van der Waals surface area contributed by atoms with Crippen LogP contribution < -0.4 is 0 Å². The molecule has 2 aromatic rings. The summed E-state index contributed by atoms with van der Waals surface area (Å²) in [4.78, 5) is 3.10. The van der Waals surface area contributed by atoms with Gasteiger partial charge in [0.2, 0.25) is 0 Å². The second-order valence-corrected chi connectivity index (χ2v) is 1.75. The van der Waals surface area contributed by atoms with Gasteiger partial charge in [-0.1, -0.05) is 0 Å². The summed E-state index contributed by atoms with van der Waals surface area (Å²) in [6.45, 7) is 0. The van der Waals surface area contributed by atoms with E-state index >= 15 is 0 Å². The summed E-state index contributed by atoms with van der Waals surface area (Å²) in [5.41, 5.74) is 0. The van der Waals surface area contributed by atoms with E-state index < -0.39 is 0 Å². The highest BCUT2D eigenvalue weighted by molar-refractivity contribution is 4.78. The number of hydrogen-bond acceptors (Lipinski definition) is 3. The van der Waals surface area contributed by atoms with Crippen LogP contribution in [0, 0.1) is 0 Å². The summed E-state index contributed by atoms with van der Waals surface area (Å²) < 4.78 is 0. The molecule has 0 aliphatic rings. The predicted molar refractivity (Wildman–Crippen MR) is 33.0 cm³/mol. The van der Waals surface area contributed by atoms with E-state index in [4.69, 9.17) is 0 Å². The topological polar surface area (TPSA) is 48.5 Å². The van der Waals surface area contributed by atoms with Gasteiger partial charge in [-0.15, -0.1) is 9.89 Å². The fourth-order valence-electron chi connectivity index (χ4n) is 0.693. The molecule has 5 nitrogen and oxygen atoms in total. The molecule has 2 heterocycles. The zero-order valence-electron chi connectivity index (χ0n) is 5.12. The molecule has 0 radical (unpaired) electrons. The molecule has 0 unspecified atom stereocenters. The second kappa shape index (κ2) is 1.94. The van der Waals surface area contributed by atoms with Crippen LogP contribution in [0.3, 0.4) is 0 Å². The lowest BCUT2D eigenvalue weighted by atomic mass is 10.8. The molecule has 0 saturated heterocycles. The molecule has 0 bridgehead atoms. The van der Waals surface area contributed by atoms with E-state index in [1.165, 1.54) is 4.79 Å². The quantitative estimate of drug-likeness (QED) is 0.543. The average Bonchev–Trinajstić information content (AvgIpc) is 2.59. The minimum absolute atomic E-state index is 1.53. The first-order valence-electron chi connectivity index (χ1n) is 2.83. The number of aromatic nitrogens is 5. The standard InChI is InChI=1S/C5H5N5/c1-2-7-9(4-1)10-5-3-6-8-10/h1-5H. The van der Waals surface area contributed by atoms with Gasteiger partial charge in [0, 0.05) is 0 Å². The molecule has 10 heavy (non-hydrogen) atoms. The first-order chi connectivity index (χ1) is 4.97. The van der Waals surface area contributed by atoms with Crippen LogP contribution in [0.25, 0.3) is 0 Å². The summed E-state index contributed by atoms with van der Waals surface area (Å²) in [5, 5.41) is 11.3. The SMILES string of the molecule is c1cnn(-n2ccnn2)c1. The van der Waals surface area contributed by atoms with Gasteiger partial charge in [-0.3, -0.25) is 0 Å². The number of nitrogens with zero attached hydrogens (tertiary/aromatic N) is 5. The maximum absolute atomic E-state index is 3.94. The first-order valence-corrected chi connectivity index (χ1v) is 2.83. The molecule has 0 saturated carbocycles. The van der Waals surface area contributed by atoms with Crippen molar-refractivity contribution in [3.05, 3.63) is 30.9 Å². The molecule has 0 aromatic carbocycles. The van der Waals surface area contributed by atoms with Crippen LogP contribution in [0.1, 0.15) is 0 Å². The Labute approximate surface area is 56.9 Å². The largest absolute Gasteiger partial charge is 0.159 e. The van der Waals surface area contributed by atoms with Gasteiger partial charge >= 0.3 is 0 Å². The molecule has 2 aromatic heterocycles. The van der Waals surface area contributed by atoms with Crippen LogP contribution in [0.15, 0.2) is 30.9 Å². The molecule has 0 atom stereocenters. The van der Waals surface area contributed by atoms with Crippen molar-refractivity contribution in [1.82, 2.24) is 25.0 Å². The average molecular weight is 135 g/mol. The minimum Gasteiger partial charge on any atom is -0.159 e. The molecular weight excluding hydrogens is 130 g/mol. The second-order valence-electron chi connectivity index (χ2n) is 1.75. The summed E-state index contributed by atoms with van der Waals surface area (Å²) in [6.07, 6.45) is 6.78. The van der Waals surface area contributed by atoms with Gasteiger partial charge in [0.1, 0.15) is 0 Å². The molecule has 0 spiro atoms. The lowest BCUT2D eigenvalue weighted by Crippen LogP contribution is -2.09. The van der Waals surface area contributed by atoms with Gasteiger partial charge in [-0.2, -0.15) is 9.89 Å². The van der Waals surface area contributed by atoms with E-state index in [9.17, 15) is 0 Å². The van der Waals surface area contributed by atoms with Crippen molar-refractivity contribution in [2.24, 2.45) is 0 Å². The van der Waals surface area contributed by atoms with E-state index in [1.54, 1.807) is 29.6 Å². The zero-order chi connectivity index (χ0) is 6.81. The summed E-state index contributed by atoms with van der Waals surface area (Å²) in [6, 6.07) is 1.82. The maximum atomic E-state index is 3.94. The molecule has 50 valence electrons.